The summed E-state index contributed by atoms with van der Waals surface area (Å²) in [6, 6.07) is 0. The minimum absolute atomic E-state index is 0.509. The van der Waals surface area contributed by atoms with Gasteiger partial charge in [0.05, 0.1) is 0 Å². The van der Waals surface area contributed by atoms with Gasteiger partial charge in [-0.25, -0.2) is 0 Å². The smallest absolute Gasteiger partial charge is 0.295 e. The monoisotopic (exact) mass is 69.1 g/mol. The number of rotatable bonds is 0. The minimum Gasteiger partial charge on any atom is -0.439 e. The Morgan fingerprint density at radius 2 is 2.40 bits per heavy atom. The maximum Gasteiger partial charge on any atom is 0.295 e. The topological polar surface area (TPSA) is 9.23 Å². The van der Waals surface area contributed by atoms with Gasteiger partial charge in [-0.2, -0.15) is 0 Å². The zero-order chi connectivity index (χ0) is 3.70. The van der Waals surface area contributed by atoms with E-state index >= 15 is 0 Å². The predicted molar refractivity (Wildman–Crippen MR) is 21.1 cm³/mol. The van der Waals surface area contributed by atoms with E-state index in [9.17, 15) is 0 Å². The van der Waals surface area contributed by atoms with E-state index in [2.05, 4.69) is 6.92 Å². The lowest BCUT2D eigenvalue weighted by molar-refractivity contribution is 0.197. The van der Waals surface area contributed by atoms with Gasteiger partial charge in [-0.05, 0) is 13.2 Å². The molecule has 0 spiro atoms. The van der Waals surface area contributed by atoms with Gasteiger partial charge >= 0.3 is 0 Å². The molecule has 0 N–H and O–H groups in total. The molecule has 1 fully saturated rings. The molecule has 5 heavy (non-hydrogen) atoms. The molecule has 27 valence electrons. The van der Waals surface area contributed by atoms with Crippen LogP contribution in [0.25, 0.3) is 0 Å². The van der Waals surface area contributed by atoms with Gasteiger partial charge < -0.3 is 4.65 Å². The predicted octanol–water partition coefficient (Wildman–Crippen LogP) is 0.443. The first-order chi connectivity index (χ1) is 2.39. The normalized spacial score (nSPS) is 35.0. The highest BCUT2D eigenvalue weighted by molar-refractivity contribution is 6.30. The summed E-state index contributed by atoms with van der Waals surface area (Å²) < 4.78 is 4.81. The van der Waals surface area contributed by atoms with Crippen LogP contribution in [0.5, 0.6) is 0 Å². The first-order valence-corrected chi connectivity index (χ1v) is 1.87. The Morgan fingerprint density at radius 3 is 2.40 bits per heavy atom. The zero-order valence-corrected chi connectivity index (χ0v) is 3.27. The fourth-order valence-corrected chi connectivity index (χ4v) is 0.289. The molecule has 0 aromatic heterocycles. The van der Waals surface area contributed by atoms with Crippen molar-refractivity contribution in [3.63, 3.8) is 0 Å². The summed E-state index contributed by atoms with van der Waals surface area (Å²) in [6.45, 7) is 2.06. The van der Waals surface area contributed by atoms with E-state index in [1.54, 1.807) is 0 Å². The molecule has 1 nitrogen and oxygen atoms in total. The molecule has 2 heteroatoms. The van der Waals surface area contributed by atoms with Crippen LogP contribution in [0.4, 0.5) is 0 Å². The Hall–Kier alpha value is 0.0249. The largest absolute Gasteiger partial charge is 0.439 e. The number of hydrogen-bond donors (Lipinski definition) is 0. The first kappa shape index (κ1) is 3.22. The van der Waals surface area contributed by atoms with Crippen molar-refractivity contribution in [3.05, 3.63) is 0 Å². The van der Waals surface area contributed by atoms with Crippen LogP contribution >= 0.6 is 0 Å². The molecule has 0 aromatic rings. The summed E-state index contributed by atoms with van der Waals surface area (Å²) in [6.07, 6.45) is 1.65. The SMILES string of the molecule is CC1C[B]O1. The molecule has 1 saturated heterocycles. The van der Waals surface area contributed by atoms with Crippen LogP contribution in [0.2, 0.25) is 6.32 Å². The van der Waals surface area contributed by atoms with Crippen LogP contribution < -0.4 is 0 Å². The van der Waals surface area contributed by atoms with Crippen LogP contribution in [0.3, 0.4) is 0 Å². The molecular weight excluding hydrogens is 62.8 g/mol. The molecular formula is C3H6BO. The molecule has 0 saturated carbocycles. The minimum atomic E-state index is 0.509. The van der Waals surface area contributed by atoms with E-state index < -0.39 is 0 Å². The molecule has 1 rings (SSSR count). The fraction of sp³-hybridized carbons (Fsp3) is 1.00. The maximum absolute atomic E-state index is 4.81. The van der Waals surface area contributed by atoms with Crippen LogP contribution in [0.1, 0.15) is 6.92 Å². The molecule has 1 heterocycles. The fourth-order valence-electron chi connectivity index (χ4n) is 0.289. The highest BCUT2D eigenvalue weighted by atomic mass is 16.5. The van der Waals surface area contributed by atoms with Crippen LogP contribution in [0, 0.1) is 0 Å². The molecule has 1 unspecified atom stereocenters. The van der Waals surface area contributed by atoms with E-state index in [4.69, 9.17) is 4.65 Å². The van der Waals surface area contributed by atoms with E-state index in [0.29, 0.717) is 6.10 Å². The second-order valence-corrected chi connectivity index (χ2v) is 1.35. The van der Waals surface area contributed by atoms with Crippen molar-refractivity contribution in [1.82, 2.24) is 0 Å². The third-order valence-corrected chi connectivity index (χ3v) is 0.757. The van der Waals surface area contributed by atoms with Gasteiger partial charge in [0.2, 0.25) is 0 Å². The summed E-state index contributed by atoms with van der Waals surface area (Å²) in [4.78, 5) is 0. The molecule has 0 aromatic carbocycles. The molecule has 1 radical (unpaired) electrons. The summed E-state index contributed by atoms with van der Waals surface area (Å²) in [5.74, 6) is 0. The van der Waals surface area contributed by atoms with Crippen molar-refractivity contribution in [2.45, 2.75) is 19.3 Å². The molecule has 0 amide bonds. The summed E-state index contributed by atoms with van der Waals surface area (Å²) >= 11 is 0. The Bertz CT molecular complexity index is 33.9. The summed E-state index contributed by atoms with van der Waals surface area (Å²) in [5.41, 5.74) is 0. The zero-order valence-electron chi connectivity index (χ0n) is 3.27. The summed E-state index contributed by atoms with van der Waals surface area (Å²) in [7, 11) is 1.82. The van der Waals surface area contributed by atoms with Gasteiger partial charge in [0.25, 0.3) is 7.48 Å². The van der Waals surface area contributed by atoms with E-state index in [0.717, 1.165) is 6.32 Å². The Kier molecular flexibility index (Phi) is 0.654. The first-order valence-electron chi connectivity index (χ1n) is 1.87. The van der Waals surface area contributed by atoms with Crippen molar-refractivity contribution in [2.24, 2.45) is 0 Å². The van der Waals surface area contributed by atoms with Gasteiger partial charge in [0.1, 0.15) is 0 Å². The molecule has 0 bridgehead atoms. The molecule has 1 aliphatic rings. The van der Waals surface area contributed by atoms with Crippen LogP contribution in [-0.4, -0.2) is 13.6 Å². The van der Waals surface area contributed by atoms with Crippen LogP contribution in [-0.2, 0) is 4.65 Å². The Labute approximate surface area is 32.6 Å². The van der Waals surface area contributed by atoms with Gasteiger partial charge in [-0.15, -0.1) is 0 Å². The highest BCUT2D eigenvalue weighted by Gasteiger charge is 2.12. The second kappa shape index (κ2) is 1.01. The third kappa shape index (κ3) is 0.455. The third-order valence-electron chi connectivity index (χ3n) is 0.757. The van der Waals surface area contributed by atoms with Crippen molar-refractivity contribution in [2.75, 3.05) is 0 Å². The average Bonchev–Trinajstić information content (AvgIpc) is 1.30. The Morgan fingerprint density at radius 1 is 2.00 bits per heavy atom. The van der Waals surface area contributed by atoms with Crippen LogP contribution in [0.15, 0.2) is 0 Å². The lowest BCUT2D eigenvalue weighted by Gasteiger charge is -2.19. The van der Waals surface area contributed by atoms with Crippen molar-refractivity contribution in [3.8, 4) is 0 Å². The lowest BCUT2D eigenvalue weighted by atomic mass is 9.84. The lowest BCUT2D eigenvalue weighted by Crippen LogP contribution is -2.24. The van der Waals surface area contributed by atoms with Crippen molar-refractivity contribution >= 4 is 7.48 Å². The van der Waals surface area contributed by atoms with Crippen molar-refractivity contribution < 1.29 is 4.65 Å². The Balaban J connectivity index is 2.08. The maximum atomic E-state index is 4.81. The second-order valence-electron chi connectivity index (χ2n) is 1.35. The average molecular weight is 68.9 g/mol. The van der Waals surface area contributed by atoms with Gasteiger partial charge in [-0.3, -0.25) is 0 Å². The van der Waals surface area contributed by atoms with E-state index in [-0.39, 0.29) is 0 Å². The van der Waals surface area contributed by atoms with Crippen molar-refractivity contribution in [1.29, 1.82) is 0 Å². The summed E-state index contributed by atoms with van der Waals surface area (Å²) in [5, 5.41) is 0. The molecule has 1 aliphatic heterocycles. The van der Waals surface area contributed by atoms with E-state index in [1.165, 1.54) is 0 Å². The molecule has 1 atom stereocenters. The molecule has 0 aliphatic carbocycles. The quantitative estimate of drug-likeness (QED) is 0.375. The van der Waals surface area contributed by atoms with E-state index in [1.807, 2.05) is 7.48 Å². The number of hydrogen-bond acceptors (Lipinski definition) is 1. The highest BCUT2D eigenvalue weighted by Crippen LogP contribution is 2.06. The standard InChI is InChI=1S/C3H6BO/c1-3-2-4-5-3/h3H,2H2,1H3. The van der Waals surface area contributed by atoms with Gasteiger partial charge in [-0.1, -0.05) is 0 Å². The van der Waals surface area contributed by atoms with Gasteiger partial charge in [0, 0.05) is 6.10 Å². The van der Waals surface area contributed by atoms with Gasteiger partial charge in [0.15, 0.2) is 0 Å².